The number of rotatable bonds is 4. The van der Waals surface area contributed by atoms with Crippen LogP contribution < -0.4 is 5.32 Å². The predicted molar refractivity (Wildman–Crippen MR) is 90.8 cm³/mol. The van der Waals surface area contributed by atoms with Crippen molar-refractivity contribution in [3.8, 4) is 0 Å². The van der Waals surface area contributed by atoms with Crippen LogP contribution in [0.25, 0.3) is 10.8 Å². The van der Waals surface area contributed by atoms with Crippen molar-refractivity contribution in [1.82, 2.24) is 10.3 Å². The first-order valence-electron chi connectivity index (χ1n) is 7.72. The number of hydrogen-bond donors (Lipinski definition) is 3. The summed E-state index contributed by atoms with van der Waals surface area (Å²) in [6.45, 7) is 2.35. The van der Waals surface area contributed by atoms with Gasteiger partial charge in [-0.2, -0.15) is 0 Å². The van der Waals surface area contributed by atoms with Crippen LogP contribution in [0.4, 0.5) is 0 Å². The van der Waals surface area contributed by atoms with Crippen LogP contribution in [0.15, 0.2) is 48.8 Å². The maximum atomic E-state index is 9.55. The molecule has 0 saturated carbocycles. The molecule has 1 aliphatic rings. The maximum Gasteiger partial charge on any atom is 0.328 e. The number of aliphatic carboxylic acids is 2. The second-order valence-electron chi connectivity index (χ2n) is 5.59. The molecule has 2 heterocycles. The quantitative estimate of drug-likeness (QED) is 0.743. The second kappa shape index (κ2) is 8.79. The van der Waals surface area contributed by atoms with Crippen LogP contribution >= 0.6 is 0 Å². The van der Waals surface area contributed by atoms with E-state index >= 15 is 0 Å². The first-order valence-corrected chi connectivity index (χ1v) is 7.72. The summed E-state index contributed by atoms with van der Waals surface area (Å²) >= 11 is 0. The van der Waals surface area contributed by atoms with Crippen molar-refractivity contribution in [3.05, 3.63) is 54.4 Å². The van der Waals surface area contributed by atoms with E-state index < -0.39 is 11.9 Å². The lowest BCUT2D eigenvalue weighted by molar-refractivity contribution is -0.134. The Morgan fingerprint density at radius 3 is 2.58 bits per heavy atom. The van der Waals surface area contributed by atoms with Gasteiger partial charge in [0, 0.05) is 29.9 Å². The molecular formula is C18H20N2O4. The third-order valence-electron chi connectivity index (χ3n) is 3.81. The second-order valence-corrected chi connectivity index (χ2v) is 5.59. The highest BCUT2D eigenvalue weighted by Crippen LogP contribution is 2.22. The van der Waals surface area contributed by atoms with Gasteiger partial charge in [0.2, 0.25) is 0 Å². The van der Waals surface area contributed by atoms with E-state index in [1.165, 1.54) is 42.3 Å². The molecule has 1 aromatic heterocycles. The van der Waals surface area contributed by atoms with E-state index in [4.69, 9.17) is 10.2 Å². The topological polar surface area (TPSA) is 99.5 Å². The molecule has 0 spiro atoms. The molecule has 1 fully saturated rings. The Morgan fingerprint density at radius 1 is 1.21 bits per heavy atom. The molecule has 126 valence electrons. The van der Waals surface area contributed by atoms with Crippen LogP contribution in [0, 0.1) is 5.92 Å². The highest BCUT2D eigenvalue weighted by molar-refractivity contribution is 5.89. The number of carboxylic acid groups (broad SMARTS) is 2. The molecule has 2 aromatic rings. The van der Waals surface area contributed by atoms with Gasteiger partial charge in [-0.1, -0.05) is 18.2 Å². The van der Waals surface area contributed by atoms with Gasteiger partial charge in [0.15, 0.2) is 0 Å². The minimum Gasteiger partial charge on any atom is -0.478 e. The fourth-order valence-electron chi connectivity index (χ4n) is 2.71. The average Bonchev–Trinajstić information content (AvgIpc) is 3.07. The predicted octanol–water partition coefficient (Wildman–Crippen LogP) is 2.10. The average molecular weight is 328 g/mol. The molecule has 24 heavy (non-hydrogen) atoms. The fraction of sp³-hybridized carbons (Fsp3) is 0.278. The lowest BCUT2D eigenvalue weighted by atomic mass is 9.95. The molecule has 1 aromatic carbocycles. The van der Waals surface area contributed by atoms with Crippen LogP contribution in [-0.4, -0.2) is 40.2 Å². The monoisotopic (exact) mass is 328 g/mol. The summed E-state index contributed by atoms with van der Waals surface area (Å²) in [6.07, 6.45) is 7.45. The molecule has 1 saturated heterocycles. The third-order valence-corrected chi connectivity index (χ3v) is 3.81. The molecule has 0 unspecified atom stereocenters. The van der Waals surface area contributed by atoms with Crippen LogP contribution in [0.3, 0.4) is 0 Å². The summed E-state index contributed by atoms with van der Waals surface area (Å²) in [5.41, 5.74) is 1.47. The van der Waals surface area contributed by atoms with E-state index in [0.717, 1.165) is 5.92 Å². The number of pyridine rings is 1. The Bertz CT molecular complexity index is 715. The Labute approximate surface area is 139 Å². The summed E-state index contributed by atoms with van der Waals surface area (Å²) in [5, 5.41) is 21.7. The molecule has 1 aliphatic heterocycles. The van der Waals surface area contributed by atoms with Crippen molar-refractivity contribution in [2.75, 3.05) is 13.1 Å². The highest BCUT2D eigenvalue weighted by atomic mass is 16.4. The molecule has 6 nitrogen and oxygen atoms in total. The number of nitrogens with zero attached hydrogens (tertiary/aromatic N) is 1. The van der Waals surface area contributed by atoms with E-state index in [2.05, 4.69) is 34.6 Å². The number of nitrogens with one attached hydrogen (secondary N) is 1. The van der Waals surface area contributed by atoms with Crippen molar-refractivity contribution in [1.29, 1.82) is 0 Å². The van der Waals surface area contributed by atoms with Gasteiger partial charge in [-0.15, -0.1) is 0 Å². The Hall–Kier alpha value is -2.73. The molecule has 3 rings (SSSR count). The van der Waals surface area contributed by atoms with Crippen molar-refractivity contribution in [3.63, 3.8) is 0 Å². The van der Waals surface area contributed by atoms with Crippen LogP contribution in [0.5, 0.6) is 0 Å². The van der Waals surface area contributed by atoms with E-state index in [0.29, 0.717) is 12.2 Å². The summed E-state index contributed by atoms with van der Waals surface area (Å²) in [5.74, 6) is -1.71. The smallest absolute Gasteiger partial charge is 0.328 e. The van der Waals surface area contributed by atoms with Gasteiger partial charge in [0.1, 0.15) is 0 Å². The third kappa shape index (κ3) is 5.48. The molecule has 0 amide bonds. The zero-order valence-corrected chi connectivity index (χ0v) is 13.2. The Morgan fingerprint density at radius 2 is 1.96 bits per heavy atom. The molecule has 0 radical (unpaired) electrons. The van der Waals surface area contributed by atoms with Gasteiger partial charge in [-0.25, -0.2) is 9.59 Å². The van der Waals surface area contributed by atoms with Crippen molar-refractivity contribution in [2.24, 2.45) is 5.92 Å². The standard InChI is InChI=1S/C14H16N2.C4H4O4/c1-2-12(8-11-4-6-15-9-11)14-5-7-16-10-13(14)3-1;5-3(6)1-2-4(7)8/h1-3,5,7,10-11,15H,4,6,8-9H2;1-2H,(H,5,6)(H,7,8)/b;2-1+/t11-;/m0./s1. The van der Waals surface area contributed by atoms with E-state index in [9.17, 15) is 9.59 Å². The summed E-state index contributed by atoms with van der Waals surface area (Å²) in [4.78, 5) is 23.3. The number of carbonyl (C=O) groups is 2. The van der Waals surface area contributed by atoms with Gasteiger partial charge in [-0.3, -0.25) is 4.98 Å². The first-order chi connectivity index (χ1) is 11.6. The molecule has 3 N–H and O–H groups in total. The lowest BCUT2D eigenvalue weighted by Gasteiger charge is -2.10. The van der Waals surface area contributed by atoms with Crippen LogP contribution in [0.1, 0.15) is 12.0 Å². The first kappa shape index (κ1) is 17.6. The number of benzene rings is 1. The normalized spacial score (nSPS) is 16.8. The van der Waals surface area contributed by atoms with Gasteiger partial charge in [0.05, 0.1) is 0 Å². The lowest BCUT2D eigenvalue weighted by Crippen LogP contribution is -2.10. The number of hydrogen-bond acceptors (Lipinski definition) is 4. The van der Waals surface area contributed by atoms with Crippen LogP contribution in [-0.2, 0) is 16.0 Å². The molecule has 0 bridgehead atoms. The van der Waals surface area contributed by atoms with Crippen molar-refractivity contribution in [2.45, 2.75) is 12.8 Å². The zero-order valence-electron chi connectivity index (χ0n) is 13.2. The maximum absolute atomic E-state index is 9.55. The van der Waals surface area contributed by atoms with Crippen LogP contribution in [0.2, 0.25) is 0 Å². The Balaban J connectivity index is 0.000000224. The largest absolute Gasteiger partial charge is 0.478 e. The minimum absolute atomic E-state index is 0.558. The van der Waals surface area contributed by atoms with Crippen molar-refractivity contribution < 1.29 is 19.8 Å². The fourth-order valence-corrected chi connectivity index (χ4v) is 2.71. The van der Waals surface area contributed by atoms with E-state index in [-0.39, 0.29) is 0 Å². The summed E-state index contributed by atoms with van der Waals surface area (Å²) in [7, 11) is 0. The molecule has 6 heteroatoms. The van der Waals surface area contributed by atoms with Gasteiger partial charge < -0.3 is 15.5 Å². The van der Waals surface area contributed by atoms with Gasteiger partial charge in [-0.05, 0) is 48.9 Å². The van der Waals surface area contributed by atoms with Gasteiger partial charge in [0.25, 0.3) is 0 Å². The number of fused-ring (bicyclic) bond motifs is 1. The minimum atomic E-state index is -1.26. The molecular weight excluding hydrogens is 308 g/mol. The highest BCUT2D eigenvalue weighted by Gasteiger charge is 2.15. The van der Waals surface area contributed by atoms with E-state index in [1.807, 2.05) is 12.4 Å². The SMILES string of the molecule is O=C(O)/C=C/C(=O)O.c1cc(C[C@@H]2CCNC2)c2ccncc2c1. The number of carboxylic acids is 2. The summed E-state index contributed by atoms with van der Waals surface area (Å²) < 4.78 is 0. The Kier molecular flexibility index (Phi) is 6.45. The van der Waals surface area contributed by atoms with E-state index in [1.54, 1.807) is 0 Å². The van der Waals surface area contributed by atoms with Crippen molar-refractivity contribution >= 4 is 22.7 Å². The molecule has 0 aliphatic carbocycles. The van der Waals surface area contributed by atoms with Gasteiger partial charge >= 0.3 is 11.9 Å². The zero-order chi connectivity index (χ0) is 17.4. The summed E-state index contributed by atoms with van der Waals surface area (Å²) in [6, 6.07) is 8.66. The number of aromatic nitrogens is 1. The molecule has 1 atom stereocenters.